The normalized spacial score (nSPS) is 14.5. The molecule has 1 aliphatic rings. The van der Waals surface area contributed by atoms with Crippen LogP contribution in [0.25, 0.3) is 10.9 Å². The molecule has 0 amide bonds. The molecule has 0 aliphatic carbocycles. The van der Waals surface area contributed by atoms with E-state index in [4.69, 9.17) is 10.7 Å². The van der Waals surface area contributed by atoms with Crippen molar-refractivity contribution in [2.45, 2.75) is 32.2 Å². The number of H-pyrrole nitrogens is 1. The number of nitrogens with one attached hydrogen (secondary N) is 1. The van der Waals surface area contributed by atoms with Gasteiger partial charge in [0.25, 0.3) is 5.69 Å². The molecule has 1 aromatic heterocycles. The van der Waals surface area contributed by atoms with Crippen LogP contribution in [0.3, 0.4) is 0 Å². The van der Waals surface area contributed by atoms with Gasteiger partial charge in [0.15, 0.2) is 5.88 Å². The molecule has 190 valence electrons. The third-order valence-electron chi connectivity index (χ3n) is 6.89. The van der Waals surface area contributed by atoms with E-state index in [1.165, 1.54) is 36.1 Å². The Kier molecular flexibility index (Phi) is 7.30. The second kappa shape index (κ2) is 10.9. The van der Waals surface area contributed by atoms with Crippen molar-refractivity contribution in [3.05, 3.63) is 99.1 Å². The van der Waals surface area contributed by atoms with Crippen molar-refractivity contribution < 1.29 is 10.0 Å². The van der Waals surface area contributed by atoms with Crippen molar-refractivity contribution in [2.24, 2.45) is 10.7 Å². The van der Waals surface area contributed by atoms with Crippen LogP contribution in [0.2, 0.25) is 0 Å². The van der Waals surface area contributed by atoms with Crippen LogP contribution in [0, 0.1) is 10.1 Å². The van der Waals surface area contributed by atoms with Gasteiger partial charge < -0.3 is 15.8 Å². The lowest BCUT2D eigenvalue weighted by molar-refractivity contribution is -0.384. The van der Waals surface area contributed by atoms with E-state index in [0.29, 0.717) is 28.7 Å². The largest absolute Gasteiger partial charge is 0.494 e. The predicted molar refractivity (Wildman–Crippen MR) is 147 cm³/mol. The number of rotatable bonds is 9. The fourth-order valence-corrected chi connectivity index (χ4v) is 4.92. The molecule has 3 aromatic carbocycles. The van der Waals surface area contributed by atoms with E-state index in [0.717, 1.165) is 43.7 Å². The average molecular weight is 498 g/mol. The number of nitrogens with zero attached hydrogens (tertiary/aromatic N) is 3. The Morgan fingerprint density at radius 1 is 1.03 bits per heavy atom. The summed E-state index contributed by atoms with van der Waals surface area (Å²) in [6.45, 7) is 3.83. The summed E-state index contributed by atoms with van der Waals surface area (Å²) >= 11 is 0. The number of non-ortho nitro benzene ring substituents is 1. The summed E-state index contributed by atoms with van der Waals surface area (Å²) in [6, 6.07) is 20.7. The molecule has 0 atom stereocenters. The molecule has 2 heterocycles. The Morgan fingerprint density at radius 2 is 1.73 bits per heavy atom. The monoisotopic (exact) mass is 497 g/mol. The third kappa shape index (κ3) is 5.55. The Labute approximate surface area is 215 Å². The minimum atomic E-state index is -0.435. The van der Waals surface area contributed by atoms with E-state index in [-0.39, 0.29) is 11.6 Å². The number of nitro groups is 1. The molecular weight excluding hydrogens is 466 g/mol. The van der Waals surface area contributed by atoms with Gasteiger partial charge in [0.2, 0.25) is 0 Å². The van der Waals surface area contributed by atoms with Gasteiger partial charge in [-0.2, -0.15) is 0 Å². The smallest absolute Gasteiger partial charge is 0.270 e. The highest BCUT2D eigenvalue weighted by molar-refractivity contribution is 6.22. The van der Waals surface area contributed by atoms with Crippen LogP contribution in [-0.4, -0.2) is 45.3 Å². The molecule has 8 heteroatoms. The number of hydrogen-bond donors (Lipinski definition) is 3. The molecular formula is C29H31N5O3. The molecule has 8 nitrogen and oxygen atoms in total. The van der Waals surface area contributed by atoms with Crippen molar-refractivity contribution in [1.82, 2.24) is 9.88 Å². The first-order valence-electron chi connectivity index (χ1n) is 12.7. The second-order valence-electron chi connectivity index (χ2n) is 9.53. The third-order valence-corrected chi connectivity index (χ3v) is 6.89. The maximum Gasteiger partial charge on any atom is 0.270 e. The molecule has 37 heavy (non-hydrogen) atoms. The molecule has 0 saturated carbocycles. The molecule has 5 rings (SSSR count). The SMILES string of the molecule is NCCCc1ccc(C(=Nc2ccc(CN3CCCC3)cc2)c2c(O)[nH]c3ccc([N+](=O)[O-])cc23)cc1. The van der Waals surface area contributed by atoms with Gasteiger partial charge in [-0.3, -0.25) is 15.0 Å². The molecule has 0 bridgehead atoms. The topological polar surface area (TPSA) is 121 Å². The van der Waals surface area contributed by atoms with E-state index in [2.05, 4.69) is 22.0 Å². The van der Waals surface area contributed by atoms with E-state index >= 15 is 0 Å². The molecule has 0 spiro atoms. The first kappa shape index (κ1) is 24.7. The minimum Gasteiger partial charge on any atom is -0.494 e. The number of nitro benzene ring substituents is 1. The maximum absolute atomic E-state index is 11.5. The van der Waals surface area contributed by atoms with Crippen LogP contribution in [0.15, 0.2) is 71.7 Å². The number of aliphatic imine (C=N–C) groups is 1. The van der Waals surface area contributed by atoms with Gasteiger partial charge in [-0.05, 0) is 74.6 Å². The molecule has 4 N–H and O–H groups in total. The van der Waals surface area contributed by atoms with Gasteiger partial charge in [-0.1, -0.05) is 36.4 Å². The Bertz CT molecular complexity index is 1420. The highest BCUT2D eigenvalue weighted by Crippen LogP contribution is 2.34. The lowest BCUT2D eigenvalue weighted by atomic mass is 9.98. The number of aryl methyl sites for hydroxylation is 1. The molecule has 1 fully saturated rings. The van der Waals surface area contributed by atoms with Crippen LogP contribution < -0.4 is 5.73 Å². The lowest BCUT2D eigenvalue weighted by Crippen LogP contribution is -2.18. The van der Waals surface area contributed by atoms with Gasteiger partial charge in [-0.15, -0.1) is 0 Å². The zero-order valence-corrected chi connectivity index (χ0v) is 20.7. The number of benzene rings is 3. The number of aromatic amines is 1. The maximum atomic E-state index is 11.5. The Morgan fingerprint density at radius 3 is 2.41 bits per heavy atom. The quantitative estimate of drug-likeness (QED) is 0.162. The van der Waals surface area contributed by atoms with Gasteiger partial charge in [0, 0.05) is 35.1 Å². The summed E-state index contributed by atoms with van der Waals surface area (Å²) in [7, 11) is 0. The van der Waals surface area contributed by atoms with Crippen molar-refractivity contribution in [3.8, 4) is 5.88 Å². The zero-order chi connectivity index (χ0) is 25.8. The summed E-state index contributed by atoms with van der Waals surface area (Å²) in [6.07, 6.45) is 4.29. The minimum absolute atomic E-state index is 0.0458. The highest BCUT2D eigenvalue weighted by atomic mass is 16.6. The number of fused-ring (bicyclic) bond motifs is 1. The van der Waals surface area contributed by atoms with Crippen molar-refractivity contribution in [3.63, 3.8) is 0 Å². The Hall–Kier alpha value is -4.01. The fraction of sp³-hybridized carbons (Fsp3) is 0.276. The summed E-state index contributed by atoms with van der Waals surface area (Å²) in [4.78, 5) is 21.4. The molecule has 1 saturated heterocycles. The summed E-state index contributed by atoms with van der Waals surface area (Å²) in [5.74, 6) is -0.0768. The van der Waals surface area contributed by atoms with Crippen LogP contribution in [0.1, 0.15) is 41.5 Å². The van der Waals surface area contributed by atoms with Crippen LogP contribution in [-0.2, 0) is 13.0 Å². The van der Waals surface area contributed by atoms with E-state index in [1.54, 1.807) is 6.07 Å². The van der Waals surface area contributed by atoms with Crippen LogP contribution >= 0.6 is 0 Å². The second-order valence-corrected chi connectivity index (χ2v) is 9.53. The average Bonchev–Trinajstić information content (AvgIpc) is 3.54. The molecule has 1 aliphatic heterocycles. The number of aromatic hydroxyl groups is 1. The predicted octanol–water partition coefficient (Wildman–Crippen LogP) is 5.44. The number of hydrogen-bond acceptors (Lipinski definition) is 6. The first-order valence-corrected chi connectivity index (χ1v) is 12.7. The van der Waals surface area contributed by atoms with Gasteiger partial charge in [-0.25, -0.2) is 4.99 Å². The number of likely N-dealkylation sites (tertiary alicyclic amines) is 1. The number of nitrogens with two attached hydrogens (primary N) is 1. The summed E-state index contributed by atoms with van der Waals surface area (Å²) in [5, 5.41) is 22.9. The van der Waals surface area contributed by atoms with Gasteiger partial charge >= 0.3 is 0 Å². The standard InChI is InChI=1S/C29H31N5O3/c30-15-3-4-20-5-9-22(10-6-20)28(27-25-18-24(34(36)37)13-14-26(25)32-29(27)35)31-23-11-7-21(8-12-23)19-33-16-1-2-17-33/h5-14,18,32,35H,1-4,15-17,19,30H2. The van der Waals surface area contributed by atoms with Crippen molar-refractivity contribution in [1.29, 1.82) is 0 Å². The molecule has 0 radical (unpaired) electrons. The molecule has 4 aromatic rings. The number of aromatic nitrogens is 1. The van der Waals surface area contributed by atoms with Crippen molar-refractivity contribution in [2.75, 3.05) is 19.6 Å². The zero-order valence-electron chi connectivity index (χ0n) is 20.7. The molecule has 0 unspecified atom stereocenters. The first-order chi connectivity index (χ1) is 18.0. The van der Waals surface area contributed by atoms with Crippen LogP contribution in [0.4, 0.5) is 11.4 Å². The van der Waals surface area contributed by atoms with E-state index < -0.39 is 4.92 Å². The Balaban J connectivity index is 1.57. The van der Waals surface area contributed by atoms with Gasteiger partial charge in [0.05, 0.1) is 21.9 Å². The summed E-state index contributed by atoms with van der Waals surface area (Å²) in [5.41, 5.74) is 11.1. The van der Waals surface area contributed by atoms with E-state index in [1.807, 2.05) is 36.4 Å². The lowest BCUT2D eigenvalue weighted by Gasteiger charge is -2.14. The van der Waals surface area contributed by atoms with Crippen molar-refractivity contribution >= 4 is 28.0 Å². The van der Waals surface area contributed by atoms with E-state index in [9.17, 15) is 15.2 Å². The summed E-state index contributed by atoms with van der Waals surface area (Å²) < 4.78 is 0. The van der Waals surface area contributed by atoms with Crippen LogP contribution in [0.5, 0.6) is 5.88 Å². The highest BCUT2D eigenvalue weighted by Gasteiger charge is 2.21. The fourth-order valence-electron chi connectivity index (χ4n) is 4.92. The van der Waals surface area contributed by atoms with Gasteiger partial charge in [0.1, 0.15) is 0 Å².